The first-order chi connectivity index (χ1) is 21.7. The Morgan fingerprint density at radius 2 is 0.818 bits per heavy atom. The molecule has 0 aliphatic carbocycles. The van der Waals surface area contributed by atoms with E-state index in [9.17, 15) is 9.59 Å². The lowest BCUT2D eigenvalue weighted by atomic mass is 9.89. The summed E-state index contributed by atoms with van der Waals surface area (Å²) in [6, 6.07) is 0. The Labute approximate surface area is 274 Å². The lowest BCUT2D eigenvalue weighted by Crippen LogP contribution is -2.25. The minimum absolute atomic E-state index is 0.0471. The number of ketones is 1. The molecule has 0 aliphatic rings. The topological polar surface area (TPSA) is 46.2 Å². The Hall–Kier alpha value is -1.90. The summed E-state index contributed by atoms with van der Waals surface area (Å²) in [5.74, 6) is 0.0626. The Balaban J connectivity index is 3.93. The van der Waals surface area contributed by atoms with E-state index in [2.05, 4.69) is 67.8 Å². The van der Waals surface area contributed by atoms with Crippen LogP contribution in [0.1, 0.15) is 187 Å². The molecule has 0 fully saturated rings. The molecule has 0 heterocycles. The number of Topliss-reactive ketones (excluding diaryl/α,β-unsaturated/α-hetero) is 1. The van der Waals surface area contributed by atoms with Crippen LogP contribution in [0.5, 0.6) is 0 Å². The molecule has 1 amide bonds. The highest BCUT2D eigenvalue weighted by Crippen LogP contribution is 2.22. The third-order valence-corrected chi connectivity index (χ3v) is 8.58. The maximum Gasteiger partial charge on any atom is 0.227 e. The van der Waals surface area contributed by atoms with Gasteiger partial charge in [-0.3, -0.25) is 9.59 Å². The fraction of sp³-hybridized carbons (Fsp3) is 0.756. The van der Waals surface area contributed by atoms with Crippen molar-refractivity contribution < 1.29 is 9.59 Å². The van der Waals surface area contributed by atoms with Crippen molar-refractivity contribution in [2.24, 2.45) is 5.92 Å². The second kappa shape index (κ2) is 35.6. The van der Waals surface area contributed by atoms with Crippen molar-refractivity contribution in [3.63, 3.8) is 0 Å². The predicted molar refractivity (Wildman–Crippen MR) is 195 cm³/mol. The van der Waals surface area contributed by atoms with Crippen LogP contribution in [0.4, 0.5) is 0 Å². The van der Waals surface area contributed by atoms with E-state index >= 15 is 0 Å². The van der Waals surface area contributed by atoms with Crippen molar-refractivity contribution in [2.75, 3.05) is 7.05 Å². The molecule has 0 saturated heterocycles. The van der Waals surface area contributed by atoms with Gasteiger partial charge in [-0.25, -0.2) is 0 Å². The number of allylic oxidation sites excluding steroid dienone is 8. The molecule has 0 aromatic heterocycles. The van der Waals surface area contributed by atoms with Gasteiger partial charge in [0.1, 0.15) is 5.78 Å². The van der Waals surface area contributed by atoms with Crippen LogP contribution in [0.25, 0.3) is 0 Å². The fourth-order valence-corrected chi connectivity index (χ4v) is 5.62. The van der Waals surface area contributed by atoms with Gasteiger partial charge >= 0.3 is 0 Å². The van der Waals surface area contributed by atoms with Crippen molar-refractivity contribution in [3.05, 3.63) is 48.6 Å². The molecule has 0 radical (unpaired) electrons. The molecule has 44 heavy (non-hydrogen) atoms. The van der Waals surface area contributed by atoms with Gasteiger partial charge in [0.05, 0.1) is 6.42 Å². The Morgan fingerprint density at radius 1 is 0.477 bits per heavy atom. The van der Waals surface area contributed by atoms with Crippen molar-refractivity contribution in [1.29, 1.82) is 0 Å². The van der Waals surface area contributed by atoms with Crippen molar-refractivity contribution in [1.82, 2.24) is 5.32 Å². The number of hydrogen-bond donors (Lipinski definition) is 1. The summed E-state index contributed by atoms with van der Waals surface area (Å²) in [6.45, 7) is 4.51. The minimum Gasteiger partial charge on any atom is -0.359 e. The molecule has 0 bridgehead atoms. The lowest BCUT2D eigenvalue weighted by Gasteiger charge is -2.15. The van der Waals surface area contributed by atoms with Gasteiger partial charge in [0.2, 0.25) is 5.91 Å². The monoisotopic (exact) mass is 612 g/mol. The molecular weight excluding hydrogens is 538 g/mol. The van der Waals surface area contributed by atoms with Gasteiger partial charge in [-0.1, -0.05) is 152 Å². The standard InChI is InChI=1S/C41H73NO2/c1-4-6-8-10-12-14-16-18-20-22-24-26-28-30-32-34-36-39(40(43)38-41(44)42-3)37-35-33-31-29-27-25-23-21-19-17-15-13-11-9-7-5-2/h12-15,18-21,39H,4-11,16-17,22-38H2,1-3H3,(H,42,44)/b14-12-,15-13-,20-18-,21-19-. The van der Waals surface area contributed by atoms with E-state index in [1.54, 1.807) is 7.05 Å². The van der Waals surface area contributed by atoms with E-state index < -0.39 is 0 Å². The Bertz CT molecular complexity index is 700. The summed E-state index contributed by atoms with van der Waals surface area (Å²) in [5.41, 5.74) is 0. The van der Waals surface area contributed by atoms with Crippen LogP contribution in [0.2, 0.25) is 0 Å². The van der Waals surface area contributed by atoms with Crippen LogP contribution in [0, 0.1) is 5.92 Å². The van der Waals surface area contributed by atoms with E-state index in [1.807, 2.05) is 0 Å². The van der Waals surface area contributed by atoms with Gasteiger partial charge < -0.3 is 5.32 Å². The molecule has 0 spiro atoms. The molecule has 0 unspecified atom stereocenters. The van der Waals surface area contributed by atoms with Crippen LogP contribution in [-0.2, 0) is 9.59 Å². The van der Waals surface area contributed by atoms with Crippen molar-refractivity contribution in [3.8, 4) is 0 Å². The van der Waals surface area contributed by atoms with E-state index in [0.29, 0.717) is 0 Å². The molecule has 254 valence electrons. The highest BCUT2D eigenvalue weighted by Gasteiger charge is 2.20. The maximum absolute atomic E-state index is 12.8. The van der Waals surface area contributed by atoms with E-state index in [0.717, 1.165) is 38.5 Å². The largest absolute Gasteiger partial charge is 0.359 e. The average Bonchev–Trinajstić information content (AvgIpc) is 3.03. The normalized spacial score (nSPS) is 12.2. The maximum atomic E-state index is 12.8. The van der Waals surface area contributed by atoms with E-state index in [-0.39, 0.29) is 24.0 Å². The van der Waals surface area contributed by atoms with Gasteiger partial charge in [0.25, 0.3) is 0 Å². The number of carbonyl (C=O) groups excluding carboxylic acids is 2. The summed E-state index contributed by atoms with van der Waals surface area (Å²) in [7, 11) is 1.62. The van der Waals surface area contributed by atoms with Crippen molar-refractivity contribution in [2.45, 2.75) is 187 Å². The summed E-state index contributed by atoms with van der Waals surface area (Å²) in [5, 5.41) is 2.62. The zero-order valence-corrected chi connectivity index (χ0v) is 29.6. The Kier molecular flexibility index (Phi) is 34.0. The highest BCUT2D eigenvalue weighted by molar-refractivity contribution is 5.98. The number of nitrogens with one attached hydrogen (secondary N) is 1. The Morgan fingerprint density at radius 3 is 1.18 bits per heavy atom. The minimum atomic E-state index is -0.144. The smallest absolute Gasteiger partial charge is 0.227 e. The number of amides is 1. The first-order valence-electron chi connectivity index (χ1n) is 19.0. The third kappa shape index (κ3) is 31.5. The van der Waals surface area contributed by atoms with Crippen LogP contribution in [0.15, 0.2) is 48.6 Å². The van der Waals surface area contributed by atoms with Gasteiger partial charge in [-0.05, 0) is 77.0 Å². The van der Waals surface area contributed by atoms with Crippen LogP contribution >= 0.6 is 0 Å². The summed E-state index contributed by atoms with van der Waals surface area (Å²) < 4.78 is 0. The molecule has 0 aliphatic heterocycles. The zero-order valence-electron chi connectivity index (χ0n) is 29.6. The average molecular weight is 612 g/mol. The molecule has 3 nitrogen and oxygen atoms in total. The number of hydrogen-bond acceptors (Lipinski definition) is 2. The molecule has 3 heteroatoms. The molecule has 1 N–H and O–H groups in total. The van der Waals surface area contributed by atoms with Crippen LogP contribution in [0.3, 0.4) is 0 Å². The highest BCUT2D eigenvalue weighted by atomic mass is 16.2. The second-order valence-corrected chi connectivity index (χ2v) is 12.8. The molecule has 0 aromatic rings. The van der Waals surface area contributed by atoms with Crippen molar-refractivity contribution >= 4 is 11.7 Å². The number of rotatable bonds is 33. The first-order valence-corrected chi connectivity index (χ1v) is 19.0. The second-order valence-electron chi connectivity index (χ2n) is 12.8. The summed E-state index contributed by atoms with van der Waals surface area (Å²) >= 11 is 0. The predicted octanol–water partition coefficient (Wildman–Crippen LogP) is 12.7. The molecule has 0 aromatic carbocycles. The van der Waals surface area contributed by atoms with Gasteiger partial charge in [-0.2, -0.15) is 0 Å². The molecule has 0 saturated carbocycles. The quantitative estimate of drug-likeness (QED) is 0.0456. The van der Waals surface area contributed by atoms with E-state index in [4.69, 9.17) is 0 Å². The summed E-state index contributed by atoms with van der Waals surface area (Å²) in [4.78, 5) is 24.6. The van der Waals surface area contributed by atoms with Gasteiger partial charge in [0.15, 0.2) is 0 Å². The fourth-order valence-electron chi connectivity index (χ4n) is 5.62. The van der Waals surface area contributed by atoms with Gasteiger partial charge in [-0.15, -0.1) is 0 Å². The molecular formula is C41H73NO2. The molecule has 0 rings (SSSR count). The lowest BCUT2D eigenvalue weighted by molar-refractivity contribution is -0.130. The summed E-state index contributed by atoms with van der Waals surface area (Å²) in [6.07, 6.45) is 50.2. The van der Waals surface area contributed by atoms with Gasteiger partial charge in [0, 0.05) is 13.0 Å². The number of carbonyl (C=O) groups is 2. The third-order valence-electron chi connectivity index (χ3n) is 8.58. The van der Waals surface area contributed by atoms with Crippen LogP contribution in [-0.4, -0.2) is 18.7 Å². The zero-order chi connectivity index (χ0) is 32.2. The molecule has 0 atom stereocenters. The first kappa shape index (κ1) is 42.1. The SMILES string of the molecule is CCCCC/C=C\C/C=C\CCCCCCCCC(CCCCCCCC/C=C\C/C=C\CCCCC)C(=O)CC(=O)NC. The number of unbranched alkanes of at least 4 members (excludes halogenated alkanes) is 18. The van der Waals surface area contributed by atoms with Crippen LogP contribution < -0.4 is 5.32 Å². The van der Waals surface area contributed by atoms with E-state index in [1.165, 1.54) is 128 Å².